The first kappa shape index (κ1) is 57.7. The summed E-state index contributed by atoms with van der Waals surface area (Å²) in [5, 5.41) is 7.88. The van der Waals surface area contributed by atoms with Crippen LogP contribution in [0.3, 0.4) is 0 Å². The number of amides is 5. The Bertz CT molecular complexity index is 987. The zero-order chi connectivity index (χ0) is 43.6. The topological polar surface area (TPSA) is 217 Å². The molecule has 0 aromatic rings. The van der Waals surface area contributed by atoms with Gasteiger partial charge in [0.05, 0.1) is 12.1 Å². The van der Waals surface area contributed by atoms with E-state index in [2.05, 4.69) is 71.3 Å². The number of primary amides is 2. The summed E-state index contributed by atoms with van der Waals surface area (Å²) in [6, 6.07) is -2.22. The van der Waals surface area contributed by atoms with E-state index in [1.165, 1.54) is 0 Å². The van der Waals surface area contributed by atoms with Gasteiger partial charge >= 0.3 is 12.1 Å². The predicted octanol–water partition coefficient (Wildman–Crippen LogP) is 7.54. The number of urea groups is 2. The smallest absolute Gasteiger partial charge is 0.312 e. The van der Waals surface area contributed by atoms with Gasteiger partial charge in [0.2, 0.25) is 5.91 Å². The van der Waals surface area contributed by atoms with E-state index in [1.807, 2.05) is 62.3 Å². The van der Waals surface area contributed by atoms with Crippen LogP contribution >= 0.6 is 0 Å². The number of hydrogen-bond acceptors (Lipinski definition) is 7. The van der Waals surface area contributed by atoms with E-state index in [4.69, 9.17) is 17.2 Å². The van der Waals surface area contributed by atoms with Crippen molar-refractivity contribution < 1.29 is 28.8 Å². The van der Waals surface area contributed by atoms with Crippen LogP contribution < -0.4 is 33.2 Å². The number of nitrogens with one attached hydrogen (secondary N) is 3. The number of carbonyl (C=O) groups excluding carboxylic acids is 6. The molecule has 5 amide bonds. The molecule has 0 rings (SSSR count). The van der Waals surface area contributed by atoms with Gasteiger partial charge in [0.1, 0.15) is 11.6 Å². The second-order valence-electron chi connectivity index (χ2n) is 18.8. The second-order valence-corrected chi connectivity index (χ2v) is 18.8. The molecule has 54 heavy (non-hydrogen) atoms. The van der Waals surface area contributed by atoms with Crippen LogP contribution in [0.15, 0.2) is 0 Å². The number of rotatable bonds is 19. The Hall–Kier alpha value is -3.02. The van der Waals surface area contributed by atoms with Gasteiger partial charge in [-0.3, -0.25) is 19.2 Å². The summed E-state index contributed by atoms with van der Waals surface area (Å²) >= 11 is 0. The van der Waals surface area contributed by atoms with Crippen LogP contribution in [0.5, 0.6) is 0 Å². The lowest BCUT2D eigenvalue weighted by Gasteiger charge is -2.27. The van der Waals surface area contributed by atoms with Crippen molar-refractivity contribution in [3.8, 4) is 0 Å². The van der Waals surface area contributed by atoms with E-state index >= 15 is 0 Å². The van der Waals surface area contributed by atoms with Crippen molar-refractivity contribution in [2.24, 2.45) is 63.5 Å². The van der Waals surface area contributed by atoms with Gasteiger partial charge in [0.25, 0.3) is 0 Å². The Balaban J connectivity index is -0.000000385. The molecule has 0 fully saturated rings. The molecule has 0 spiro atoms. The van der Waals surface area contributed by atoms with Crippen LogP contribution in [0, 0.1) is 46.3 Å². The molecule has 12 heteroatoms. The highest BCUT2D eigenvalue weighted by molar-refractivity contribution is 5.93. The van der Waals surface area contributed by atoms with Gasteiger partial charge in [0, 0.05) is 42.2 Å². The molecule has 0 aliphatic heterocycles. The Morgan fingerprint density at radius 1 is 0.574 bits per heavy atom. The fourth-order valence-corrected chi connectivity index (χ4v) is 4.97. The Kier molecular flexibility index (Phi) is 32.3. The molecule has 0 saturated heterocycles. The van der Waals surface area contributed by atoms with Gasteiger partial charge < -0.3 is 33.2 Å². The Labute approximate surface area is 330 Å². The summed E-state index contributed by atoms with van der Waals surface area (Å²) < 4.78 is 0. The zero-order valence-electron chi connectivity index (χ0n) is 37.7. The third-order valence-corrected chi connectivity index (χ3v) is 7.34. The fourth-order valence-electron chi connectivity index (χ4n) is 4.97. The monoisotopic (exact) mass is 771 g/mol. The van der Waals surface area contributed by atoms with Crippen LogP contribution in [0.2, 0.25) is 0 Å². The van der Waals surface area contributed by atoms with Crippen molar-refractivity contribution in [1.29, 1.82) is 0 Å². The quantitative estimate of drug-likeness (QED) is 0.0725. The van der Waals surface area contributed by atoms with E-state index < -0.39 is 35.0 Å². The summed E-state index contributed by atoms with van der Waals surface area (Å²) in [5.41, 5.74) is 14.9. The molecule has 0 bridgehead atoms. The lowest BCUT2D eigenvalue weighted by Crippen LogP contribution is -2.47. The number of carbonyl (C=O) groups is 6. The molecule has 9 N–H and O–H groups in total. The third kappa shape index (κ3) is 37.3. The van der Waals surface area contributed by atoms with Gasteiger partial charge in [-0.2, -0.15) is 0 Å². The highest BCUT2D eigenvalue weighted by Gasteiger charge is 2.33. The average Bonchev–Trinajstić information content (AvgIpc) is 2.97. The number of hydrogen-bond donors (Lipinski definition) is 6. The van der Waals surface area contributed by atoms with E-state index in [-0.39, 0.29) is 41.5 Å². The van der Waals surface area contributed by atoms with Crippen LogP contribution in [-0.2, 0) is 19.2 Å². The Morgan fingerprint density at radius 3 is 1.28 bits per heavy atom. The molecule has 12 nitrogen and oxygen atoms in total. The summed E-state index contributed by atoms with van der Waals surface area (Å²) in [6.45, 7) is 34.9. The molecule has 0 heterocycles. The highest BCUT2D eigenvalue weighted by atomic mass is 16.2. The summed E-state index contributed by atoms with van der Waals surface area (Å²) in [5.74, 6) is 1.83. The summed E-state index contributed by atoms with van der Waals surface area (Å²) in [6.07, 6.45) is 3.77. The number of ketones is 3. The van der Waals surface area contributed by atoms with Gasteiger partial charge in [-0.1, -0.05) is 118 Å². The van der Waals surface area contributed by atoms with Crippen molar-refractivity contribution >= 4 is 35.3 Å². The summed E-state index contributed by atoms with van der Waals surface area (Å²) in [4.78, 5) is 71.1. The van der Waals surface area contributed by atoms with Crippen LogP contribution in [-0.4, -0.2) is 60.5 Å². The average molecular weight is 771 g/mol. The van der Waals surface area contributed by atoms with Crippen molar-refractivity contribution in [1.82, 2.24) is 16.0 Å². The first-order chi connectivity index (χ1) is 24.4. The number of Topliss-reactive ketones (excluding diaryl/α,β-unsaturated/α-hetero) is 3. The molecule has 0 saturated carbocycles. The lowest BCUT2D eigenvalue weighted by molar-refractivity contribution is -0.134. The lowest BCUT2D eigenvalue weighted by atomic mass is 9.78. The maximum absolute atomic E-state index is 12.6. The van der Waals surface area contributed by atoms with Gasteiger partial charge in [-0.15, -0.1) is 0 Å². The molecule has 0 radical (unpaired) electrons. The third-order valence-electron chi connectivity index (χ3n) is 7.34. The number of nitrogens with two attached hydrogens (primary N) is 3. The predicted molar refractivity (Wildman–Crippen MR) is 225 cm³/mol. The molecule has 4 atom stereocenters. The van der Waals surface area contributed by atoms with Crippen LogP contribution in [0.25, 0.3) is 0 Å². The van der Waals surface area contributed by atoms with Gasteiger partial charge in [-0.25, -0.2) is 9.59 Å². The first-order valence-corrected chi connectivity index (χ1v) is 20.1. The maximum atomic E-state index is 12.6. The van der Waals surface area contributed by atoms with Gasteiger partial charge in [0.15, 0.2) is 5.78 Å². The maximum Gasteiger partial charge on any atom is 0.312 e. The van der Waals surface area contributed by atoms with E-state index in [9.17, 15) is 28.8 Å². The largest absolute Gasteiger partial charge is 0.352 e. The molecular formula is C42H86N6O6. The normalized spacial score (nSPS) is 13.5. The fraction of sp³-hybridized carbons (Fsp3) is 0.857. The van der Waals surface area contributed by atoms with Crippen LogP contribution in [0.1, 0.15) is 163 Å². The summed E-state index contributed by atoms with van der Waals surface area (Å²) in [7, 11) is 0. The van der Waals surface area contributed by atoms with E-state index in [0.717, 1.165) is 18.3 Å². The molecule has 0 aliphatic rings. The molecule has 4 unspecified atom stereocenters. The standard InChI is InChI=1S/2C17H33N3O3.2C4H10/c1-11(2)10-12(3)15(22)20-13(14(21)17(4,5)6)8-7-9-19-16(18)23;1-11(2)9-13(18)14(21)10-12(15(22)17(3,4)5)7-6-8-20-16(19)23;2*1-4(2)3/h11-13H,7-10H2,1-6H3,(H,20,22)(H3,18,19,23);11-13H,6-10,18H2,1-5H3,(H3,19,20,23);2*4H,1-3H3. The van der Waals surface area contributed by atoms with Gasteiger partial charge in [-0.05, 0) is 62.2 Å². The SMILES string of the molecule is CC(C)C.CC(C)C.CC(C)CC(C)C(=O)NC(CCCNC(N)=O)C(=O)C(C)(C)C.CC(C)CC(N)C(=O)CC(CCCNC(N)=O)C(=O)C(C)(C)C. The molecule has 0 aromatic heterocycles. The minimum Gasteiger partial charge on any atom is -0.352 e. The zero-order valence-corrected chi connectivity index (χ0v) is 37.7. The first-order valence-electron chi connectivity index (χ1n) is 20.1. The van der Waals surface area contributed by atoms with Crippen molar-refractivity contribution in [3.63, 3.8) is 0 Å². The van der Waals surface area contributed by atoms with Crippen molar-refractivity contribution in [2.75, 3.05) is 13.1 Å². The van der Waals surface area contributed by atoms with Crippen LogP contribution in [0.4, 0.5) is 9.59 Å². The molecule has 320 valence electrons. The second kappa shape index (κ2) is 30.2. The molecule has 0 aliphatic carbocycles. The Morgan fingerprint density at radius 2 is 0.944 bits per heavy atom. The molecular weight excluding hydrogens is 684 g/mol. The van der Waals surface area contributed by atoms with E-state index in [0.29, 0.717) is 57.0 Å². The minimum atomic E-state index is -0.585. The minimum absolute atomic E-state index is 0.00155. The van der Waals surface area contributed by atoms with Crippen molar-refractivity contribution in [3.05, 3.63) is 0 Å². The van der Waals surface area contributed by atoms with Crippen molar-refractivity contribution in [2.45, 2.75) is 175 Å². The molecule has 0 aromatic carbocycles. The highest BCUT2D eigenvalue weighted by Crippen LogP contribution is 2.26. The van der Waals surface area contributed by atoms with E-state index in [1.54, 1.807) is 0 Å².